The third-order valence-electron chi connectivity index (χ3n) is 1.89. The van der Waals surface area contributed by atoms with E-state index in [0.29, 0.717) is 16.3 Å². The van der Waals surface area contributed by atoms with Crippen molar-refractivity contribution in [1.29, 1.82) is 0 Å². The lowest BCUT2D eigenvalue weighted by atomic mass is 10.2. The predicted octanol–water partition coefficient (Wildman–Crippen LogP) is 4.77. The molecule has 2 rings (SSSR count). The summed E-state index contributed by atoms with van der Waals surface area (Å²) >= 11 is 10.9. The summed E-state index contributed by atoms with van der Waals surface area (Å²) in [5.41, 5.74) is -0.00694. The van der Waals surface area contributed by atoms with Crippen molar-refractivity contribution in [1.82, 2.24) is 0 Å². The normalized spacial score (nSPS) is 9.33. The first-order valence-electron chi connectivity index (χ1n) is 4.84. The number of aldehydes is 1. The molecule has 0 aromatic heterocycles. The Labute approximate surface area is 113 Å². The standard InChI is InChI=1S/C7H4ClFO.C6H4ClF/c8-6-1-2-7(9)5(3-6)4-10;7-5-1-3-6(8)4-2-5/h1-4H;1-4H. The van der Waals surface area contributed by atoms with Gasteiger partial charge in [-0.3, -0.25) is 4.79 Å². The van der Waals surface area contributed by atoms with Gasteiger partial charge in [-0.2, -0.15) is 0 Å². The summed E-state index contributed by atoms with van der Waals surface area (Å²) in [7, 11) is 0. The van der Waals surface area contributed by atoms with E-state index in [1.165, 1.54) is 36.4 Å². The van der Waals surface area contributed by atoms with Gasteiger partial charge in [-0.15, -0.1) is 0 Å². The van der Waals surface area contributed by atoms with Crippen LogP contribution in [0.15, 0.2) is 42.5 Å². The van der Waals surface area contributed by atoms with Gasteiger partial charge in [-0.1, -0.05) is 23.2 Å². The Morgan fingerprint density at radius 1 is 0.889 bits per heavy atom. The van der Waals surface area contributed by atoms with Gasteiger partial charge in [-0.25, -0.2) is 8.78 Å². The molecule has 5 heteroatoms. The lowest BCUT2D eigenvalue weighted by molar-refractivity contribution is 0.112. The monoisotopic (exact) mass is 288 g/mol. The van der Waals surface area contributed by atoms with Gasteiger partial charge in [0.1, 0.15) is 11.6 Å². The summed E-state index contributed by atoms with van der Waals surface area (Å²) in [6, 6.07) is 9.50. The third-order valence-corrected chi connectivity index (χ3v) is 2.38. The zero-order valence-corrected chi connectivity index (χ0v) is 10.6. The molecule has 1 nitrogen and oxygen atoms in total. The second-order valence-corrected chi connectivity index (χ2v) is 4.09. The first-order chi connectivity index (χ1) is 8.52. The van der Waals surface area contributed by atoms with Crippen LogP contribution in [-0.2, 0) is 0 Å². The first-order valence-corrected chi connectivity index (χ1v) is 5.60. The van der Waals surface area contributed by atoms with Crippen molar-refractivity contribution < 1.29 is 13.6 Å². The highest BCUT2D eigenvalue weighted by atomic mass is 35.5. The van der Waals surface area contributed by atoms with Gasteiger partial charge in [0.25, 0.3) is 0 Å². The SMILES string of the molecule is Fc1ccc(Cl)cc1.O=Cc1cc(Cl)ccc1F. The van der Waals surface area contributed by atoms with E-state index < -0.39 is 5.82 Å². The van der Waals surface area contributed by atoms with Gasteiger partial charge >= 0.3 is 0 Å². The number of hydrogen-bond acceptors (Lipinski definition) is 1. The van der Waals surface area contributed by atoms with Crippen LogP contribution in [0, 0.1) is 11.6 Å². The molecule has 0 spiro atoms. The van der Waals surface area contributed by atoms with Crippen LogP contribution >= 0.6 is 23.2 Å². The van der Waals surface area contributed by atoms with Crippen molar-refractivity contribution in [3.8, 4) is 0 Å². The quantitative estimate of drug-likeness (QED) is 0.691. The van der Waals surface area contributed by atoms with Crippen molar-refractivity contribution in [2.45, 2.75) is 0 Å². The summed E-state index contributed by atoms with van der Waals surface area (Å²) in [4.78, 5) is 10.1. The Balaban J connectivity index is 0.000000184. The molecule has 94 valence electrons. The maximum Gasteiger partial charge on any atom is 0.153 e. The van der Waals surface area contributed by atoms with E-state index in [4.69, 9.17) is 23.2 Å². The summed E-state index contributed by atoms with van der Waals surface area (Å²) < 4.78 is 24.5. The van der Waals surface area contributed by atoms with Crippen LogP contribution in [0.2, 0.25) is 10.0 Å². The van der Waals surface area contributed by atoms with Crippen LogP contribution in [0.4, 0.5) is 8.78 Å². The zero-order chi connectivity index (χ0) is 13.5. The Bertz CT molecular complexity index is 506. The molecule has 0 aliphatic rings. The van der Waals surface area contributed by atoms with Gasteiger partial charge in [0.15, 0.2) is 6.29 Å². The van der Waals surface area contributed by atoms with E-state index in [0.717, 1.165) is 6.07 Å². The van der Waals surface area contributed by atoms with Crippen molar-refractivity contribution >= 4 is 29.5 Å². The van der Waals surface area contributed by atoms with Gasteiger partial charge in [0.2, 0.25) is 0 Å². The highest BCUT2D eigenvalue weighted by Gasteiger charge is 1.99. The molecule has 0 amide bonds. The average molecular weight is 289 g/mol. The molecule has 0 atom stereocenters. The molecule has 0 aliphatic carbocycles. The van der Waals surface area contributed by atoms with E-state index in [1.807, 2.05) is 0 Å². The Hall–Kier alpha value is -1.45. The summed E-state index contributed by atoms with van der Waals surface area (Å²) in [5.74, 6) is -0.797. The molecule has 0 saturated heterocycles. The maximum absolute atomic E-state index is 12.5. The fraction of sp³-hybridized carbons (Fsp3) is 0. The van der Waals surface area contributed by atoms with Gasteiger partial charge < -0.3 is 0 Å². The summed E-state index contributed by atoms with van der Waals surface area (Å²) in [6.07, 6.45) is 0.432. The van der Waals surface area contributed by atoms with E-state index in [9.17, 15) is 13.6 Å². The first kappa shape index (κ1) is 14.6. The molecule has 2 aromatic rings. The zero-order valence-electron chi connectivity index (χ0n) is 9.04. The number of benzene rings is 2. The molecular formula is C13H8Cl2F2O. The molecule has 2 aromatic carbocycles. The molecule has 0 saturated carbocycles. The number of carbonyl (C=O) groups excluding carboxylic acids is 1. The lowest BCUT2D eigenvalue weighted by Crippen LogP contribution is -1.85. The average Bonchev–Trinajstić information content (AvgIpc) is 2.37. The van der Waals surface area contributed by atoms with Gasteiger partial charge in [0.05, 0.1) is 5.56 Å². The predicted molar refractivity (Wildman–Crippen MR) is 68.2 cm³/mol. The molecule has 0 unspecified atom stereocenters. The lowest BCUT2D eigenvalue weighted by Gasteiger charge is -1.92. The third kappa shape index (κ3) is 4.82. The fourth-order valence-electron chi connectivity index (χ4n) is 1.03. The molecule has 0 fully saturated rings. The van der Waals surface area contributed by atoms with Gasteiger partial charge in [-0.05, 0) is 42.5 Å². The van der Waals surface area contributed by atoms with E-state index in [2.05, 4.69) is 0 Å². The smallest absolute Gasteiger partial charge is 0.153 e. The molecule has 18 heavy (non-hydrogen) atoms. The Morgan fingerprint density at radius 2 is 1.44 bits per heavy atom. The van der Waals surface area contributed by atoms with Crippen LogP contribution < -0.4 is 0 Å². The number of hydrogen-bond donors (Lipinski definition) is 0. The summed E-state index contributed by atoms with van der Waals surface area (Å²) in [6.45, 7) is 0. The van der Waals surface area contributed by atoms with E-state index in [1.54, 1.807) is 0 Å². The number of rotatable bonds is 1. The number of carbonyl (C=O) groups is 1. The molecule has 0 radical (unpaired) electrons. The second kappa shape index (κ2) is 7.09. The van der Waals surface area contributed by atoms with E-state index in [-0.39, 0.29) is 11.4 Å². The topological polar surface area (TPSA) is 17.1 Å². The highest BCUT2D eigenvalue weighted by Crippen LogP contribution is 2.12. The maximum atomic E-state index is 12.5. The van der Waals surface area contributed by atoms with Crippen LogP contribution in [0.25, 0.3) is 0 Å². The van der Waals surface area contributed by atoms with Crippen LogP contribution in [0.3, 0.4) is 0 Å². The Kier molecular flexibility index (Phi) is 5.75. The molecular weight excluding hydrogens is 281 g/mol. The van der Waals surface area contributed by atoms with Crippen molar-refractivity contribution in [3.63, 3.8) is 0 Å². The Morgan fingerprint density at radius 3 is 1.89 bits per heavy atom. The highest BCUT2D eigenvalue weighted by molar-refractivity contribution is 6.31. The molecule has 0 bridgehead atoms. The van der Waals surface area contributed by atoms with E-state index >= 15 is 0 Å². The van der Waals surface area contributed by atoms with Crippen molar-refractivity contribution in [3.05, 3.63) is 69.7 Å². The largest absolute Gasteiger partial charge is 0.298 e. The molecule has 0 heterocycles. The van der Waals surface area contributed by atoms with Crippen LogP contribution in [0.5, 0.6) is 0 Å². The van der Waals surface area contributed by atoms with Crippen molar-refractivity contribution in [2.24, 2.45) is 0 Å². The minimum absolute atomic E-state index is 0.00694. The second-order valence-electron chi connectivity index (χ2n) is 3.22. The van der Waals surface area contributed by atoms with Gasteiger partial charge in [0, 0.05) is 10.0 Å². The summed E-state index contributed by atoms with van der Waals surface area (Å²) in [5, 5.41) is 0.926. The number of halogens is 4. The van der Waals surface area contributed by atoms with Crippen LogP contribution in [0.1, 0.15) is 10.4 Å². The van der Waals surface area contributed by atoms with Crippen LogP contribution in [-0.4, -0.2) is 6.29 Å². The minimum Gasteiger partial charge on any atom is -0.298 e. The van der Waals surface area contributed by atoms with Crippen molar-refractivity contribution in [2.75, 3.05) is 0 Å². The fourth-order valence-corrected chi connectivity index (χ4v) is 1.34. The molecule has 0 aliphatic heterocycles. The minimum atomic E-state index is -0.542. The molecule has 0 N–H and O–H groups in total.